The van der Waals surface area contributed by atoms with Crippen LogP contribution in [-0.4, -0.2) is 12.0 Å². The van der Waals surface area contributed by atoms with Crippen LogP contribution in [0.2, 0.25) is 0 Å². The number of carbonyl (C=O) groups excluding carboxylic acids is 1. The number of benzene rings is 1. The lowest BCUT2D eigenvalue weighted by Gasteiger charge is -2.11. The van der Waals surface area contributed by atoms with E-state index < -0.39 is 12.0 Å². The summed E-state index contributed by atoms with van der Waals surface area (Å²) >= 11 is 0. The zero-order chi connectivity index (χ0) is 12.9. The van der Waals surface area contributed by atoms with Crippen molar-refractivity contribution < 1.29 is 18.0 Å². The first-order chi connectivity index (χ1) is 7.91. The summed E-state index contributed by atoms with van der Waals surface area (Å²) in [5.74, 6) is -1.87. The van der Waals surface area contributed by atoms with Crippen molar-refractivity contribution in [3.8, 4) is 0 Å². The monoisotopic (exact) mass is 243 g/mol. The van der Waals surface area contributed by atoms with Crippen molar-refractivity contribution in [3.63, 3.8) is 0 Å². The number of alkyl halides is 3. The molecular formula is C12H12F3NO. The summed E-state index contributed by atoms with van der Waals surface area (Å²) in [6.07, 6.45) is -3.30. The smallest absolute Gasteiger partial charge is 0.384 e. The summed E-state index contributed by atoms with van der Waals surface area (Å²) in [7, 11) is 0. The largest absolute Gasteiger partial charge is 0.454 e. The van der Waals surface area contributed by atoms with Gasteiger partial charge in [-0.15, -0.1) is 0 Å². The van der Waals surface area contributed by atoms with Crippen molar-refractivity contribution in [2.45, 2.75) is 19.1 Å². The molecule has 1 aromatic carbocycles. The van der Waals surface area contributed by atoms with E-state index in [2.05, 4.69) is 5.32 Å². The van der Waals surface area contributed by atoms with Gasteiger partial charge >= 0.3 is 6.18 Å². The second kappa shape index (κ2) is 5.52. The van der Waals surface area contributed by atoms with Gasteiger partial charge in [-0.2, -0.15) is 13.2 Å². The van der Waals surface area contributed by atoms with Crippen molar-refractivity contribution in [2.75, 3.05) is 0 Å². The van der Waals surface area contributed by atoms with E-state index in [9.17, 15) is 18.0 Å². The Labute approximate surface area is 97.1 Å². The summed E-state index contributed by atoms with van der Waals surface area (Å²) in [4.78, 5) is 10.5. The first-order valence-electron chi connectivity index (χ1n) is 5.00. The fourth-order valence-electron chi connectivity index (χ4n) is 1.20. The maximum Gasteiger partial charge on any atom is 0.454 e. The van der Waals surface area contributed by atoms with Gasteiger partial charge in [-0.05, 0) is 12.5 Å². The first kappa shape index (κ1) is 13.3. The molecule has 0 aliphatic carbocycles. The lowest BCUT2D eigenvalue weighted by Crippen LogP contribution is -2.21. The molecule has 0 aromatic heterocycles. The van der Waals surface area contributed by atoms with Crippen LogP contribution in [0.15, 0.2) is 42.6 Å². The van der Waals surface area contributed by atoms with E-state index in [1.807, 2.05) is 30.3 Å². The van der Waals surface area contributed by atoms with Gasteiger partial charge in [-0.3, -0.25) is 4.79 Å². The maximum atomic E-state index is 11.9. The van der Waals surface area contributed by atoms with Gasteiger partial charge in [-0.25, -0.2) is 0 Å². The molecule has 0 saturated heterocycles. The number of rotatable bonds is 4. The van der Waals surface area contributed by atoms with E-state index in [0.717, 1.165) is 11.8 Å². The molecule has 0 amide bonds. The van der Waals surface area contributed by atoms with E-state index in [-0.39, 0.29) is 6.04 Å². The molecule has 0 fully saturated rings. The van der Waals surface area contributed by atoms with Crippen molar-refractivity contribution in [1.29, 1.82) is 0 Å². The Kier molecular flexibility index (Phi) is 4.31. The second-order valence-electron chi connectivity index (χ2n) is 3.49. The van der Waals surface area contributed by atoms with Crippen LogP contribution in [0.4, 0.5) is 13.2 Å². The van der Waals surface area contributed by atoms with Crippen LogP contribution in [0.25, 0.3) is 0 Å². The van der Waals surface area contributed by atoms with Gasteiger partial charge in [0, 0.05) is 18.3 Å². The van der Waals surface area contributed by atoms with Crippen molar-refractivity contribution in [2.24, 2.45) is 0 Å². The predicted molar refractivity (Wildman–Crippen MR) is 58.2 cm³/mol. The number of hydrogen-bond acceptors (Lipinski definition) is 2. The number of carbonyl (C=O) groups is 1. The van der Waals surface area contributed by atoms with Crippen LogP contribution < -0.4 is 5.32 Å². The number of allylic oxidation sites excluding steroid dienone is 1. The van der Waals surface area contributed by atoms with E-state index in [4.69, 9.17) is 0 Å². The van der Waals surface area contributed by atoms with Crippen LogP contribution >= 0.6 is 0 Å². The first-order valence-corrected chi connectivity index (χ1v) is 5.00. The van der Waals surface area contributed by atoms with E-state index in [0.29, 0.717) is 6.08 Å². The highest BCUT2D eigenvalue weighted by molar-refractivity contribution is 5.94. The normalized spacial score (nSPS) is 13.6. The second-order valence-corrected chi connectivity index (χ2v) is 3.49. The minimum absolute atomic E-state index is 0.159. The SMILES string of the molecule is C[C@@H](N/C=C\C(=O)C(F)(F)F)c1ccccc1. The Morgan fingerprint density at radius 1 is 1.29 bits per heavy atom. The third kappa shape index (κ3) is 4.30. The fourth-order valence-corrected chi connectivity index (χ4v) is 1.20. The zero-order valence-corrected chi connectivity index (χ0v) is 9.16. The summed E-state index contributed by atoms with van der Waals surface area (Å²) in [5.41, 5.74) is 0.927. The minimum Gasteiger partial charge on any atom is -0.384 e. The van der Waals surface area contributed by atoms with Crippen molar-refractivity contribution in [1.82, 2.24) is 5.32 Å². The summed E-state index contributed by atoms with van der Waals surface area (Å²) in [5, 5.41) is 2.70. The Morgan fingerprint density at radius 3 is 2.41 bits per heavy atom. The molecular weight excluding hydrogens is 231 g/mol. The quantitative estimate of drug-likeness (QED) is 0.824. The van der Waals surface area contributed by atoms with Crippen LogP contribution in [0, 0.1) is 0 Å². The molecule has 1 N–H and O–H groups in total. The number of hydrogen-bond donors (Lipinski definition) is 1. The Bertz CT molecular complexity index is 398. The summed E-state index contributed by atoms with van der Waals surface area (Å²) in [6, 6.07) is 9.04. The van der Waals surface area contributed by atoms with Gasteiger partial charge in [0.1, 0.15) is 0 Å². The van der Waals surface area contributed by atoms with Gasteiger partial charge < -0.3 is 5.32 Å². The highest BCUT2D eigenvalue weighted by Gasteiger charge is 2.35. The summed E-state index contributed by atoms with van der Waals surface area (Å²) in [6.45, 7) is 1.79. The number of halogens is 3. The highest BCUT2D eigenvalue weighted by Crippen LogP contribution is 2.16. The minimum atomic E-state index is -4.81. The average Bonchev–Trinajstić information content (AvgIpc) is 2.28. The van der Waals surface area contributed by atoms with Crippen molar-refractivity contribution >= 4 is 5.78 Å². The highest BCUT2D eigenvalue weighted by atomic mass is 19.4. The molecule has 0 saturated carbocycles. The molecule has 0 aliphatic rings. The molecule has 17 heavy (non-hydrogen) atoms. The molecule has 0 bridgehead atoms. The number of ketones is 1. The van der Waals surface area contributed by atoms with Crippen LogP contribution in [0.5, 0.6) is 0 Å². The molecule has 92 valence electrons. The molecule has 0 aliphatic heterocycles. The van der Waals surface area contributed by atoms with Crippen molar-refractivity contribution in [3.05, 3.63) is 48.2 Å². The lowest BCUT2D eigenvalue weighted by molar-refractivity contribution is -0.165. The average molecular weight is 243 g/mol. The molecule has 0 radical (unpaired) electrons. The fraction of sp³-hybridized carbons (Fsp3) is 0.250. The molecule has 0 heterocycles. The Hall–Kier alpha value is -1.78. The van der Waals surface area contributed by atoms with Gasteiger partial charge in [0.25, 0.3) is 5.78 Å². The topological polar surface area (TPSA) is 29.1 Å². The predicted octanol–water partition coefficient (Wildman–Crippen LogP) is 2.98. The molecule has 0 spiro atoms. The Balaban J connectivity index is 2.52. The molecule has 1 aromatic rings. The maximum absolute atomic E-state index is 11.9. The number of nitrogens with one attached hydrogen (secondary N) is 1. The molecule has 2 nitrogen and oxygen atoms in total. The summed E-state index contributed by atoms with van der Waals surface area (Å²) < 4.78 is 35.6. The van der Waals surface area contributed by atoms with Gasteiger partial charge in [-0.1, -0.05) is 30.3 Å². The molecule has 1 rings (SSSR count). The molecule has 0 unspecified atom stereocenters. The van der Waals surface area contributed by atoms with E-state index in [1.165, 1.54) is 0 Å². The zero-order valence-electron chi connectivity index (χ0n) is 9.16. The van der Waals surface area contributed by atoms with E-state index in [1.54, 1.807) is 6.92 Å². The Morgan fingerprint density at radius 2 is 1.88 bits per heavy atom. The van der Waals surface area contributed by atoms with Crippen LogP contribution in [0.1, 0.15) is 18.5 Å². The van der Waals surface area contributed by atoms with Crippen LogP contribution in [0.3, 0.4) is 0 Å². The molecule has 5 heteroatoms. The third-order valence-electron chi connectivity index (χ3n) is 2.16. The van der Waals surface area contributed by atoms with Gasteiger partial charge in [0.05, 0.1) is 0 Å². The van der Waals surface area contributed by atoms with Gasteiger partial charge in [0.2, 0.25) is 0 Å². The van der Waals surface area contributed by atoms with E-state index >= 15 is 0 Å². The third-order valence-corrected chi connectivity index (χ3v) is 2.16. The standard InChI is InChI=1S/C12H12F3NO/c1-9(10-5-3-2-4-6-10)16-8-7-11(17)12(13,14)15/h2-9,16H,1H3/b8-7-/t9-/m1/s1. The van der Waals surface area contributed by atoms with Crippen LogP contribution in [-0.2, 0) is 4.79 Å². The van der Waals surface area contributed by atoms with Gasteiger partial charge in [0.15, 0.2) is 0 Å². The molecule has 1 atom stereocenters. The lowest BCUT2D eigenvalue weighted by atomic mass is 10.1.